The van der Waals surface area contributed by atoms with Gasteiger partial charge in [-0.25, -0.2) is 0 Å². The third-order valence-corrected chi connectivity index (χ3v) is 2.42. The number of halogens is 1. The molecule has 0 radical (unpaired) electrons. The van der Waals surface area contributed by atoms with Crippen molar-refractivity contribution in [1.29, 1.82) is 0 Å². The molecule has 0 rings (SSSR count). The highest BCUT2D eigenvalue weighted by atomic mass is 35.5. The van der Waals surface area contributed by atoms with Crippen molar-refractivity contribution in [2.75, 3.05) is 5.88 Å². The molecule has 0 amide bonds. The average Bonchev–Trinajstić information content (AvgIpc) is 1.99. The van der Waals surface area contributed by atoms with Crippen molar-refractivity contribution in [2.45, 2.75) is 46.0 Å². The van der Waals surface area contributed by atoms with Crippen LogP contribution in [0.3, 0.4) is 0 Å². The summed E-state index contributed by atoms with van der Waals surface area (Å²) in [4.78, 5) is 0. The fourth-order valence-corrected chi connectivity index (χ4v) is 1.41. The highest BCUT2D eigenvalue weighted by Crippen LogP contribution is 2.15. The first kappa shape index (κ1) is 10.3. The second-order valence-electron chi connectivity index (χ2n) is 2.87. The van der Waals surface area contributed by atoms with E-state index in [9.17, 15) is 0 Å². The molecule has 0 aromatic heterocycles. The van der Waals surface area contributed by atoms with Gasteiger partial charge in [0.2, 0.25) is 0 Å². The minimum Gasteiger partial charge on any atom is -0.127 e. The van der Waals surface area contributed by atoms with Crippen molar-refractivity contribution in [3.05, 3.63) is 0 Å². The fourth-order valence-electron chi connectivity index (χ4n) is 1.22. The molecule has 0 aromatic rings. The van der Waals surface area contributed by atoms with E-state index in [0.29, 0.717) is 0 Å². The maximum absolute atomic E-state index is 5.57. The Labute approximate surface area is 70.0 Å². The zero-order chi connectivity index (χ0) is 7.82. The second kappa shape index (κ2) is 7.40. The molecule has 0 spiro atoms. The highest BCUT2D eigenvalue weighted by Gasteiger charge is 2.01. The molecule has 0 aliphatic rings. The Kier molecular flexibility index (Phi) is 7.61. The van der Waals surface area contributed by atoms with Gasteiger partial charge >= 0.3 is 0 Å². The zero-order valence-electron chi connectivity index (χ0n) is 7.20. The number of hydrogen-bond acceptors (Lipinski definition) is 0. The molecule has 0 aliphatic heterocycles. The largest absolute Gasteiger partial charge is 0.127 e. The van der Waals surface area contributed by atoms with Gasteiger partial charge in [0, 0.05) is 5.88 Å². The molecule has 0 N–H and O–H groups in total. The minimum absolute atomic E-state index is 0.833. The lowest BCUT2D eigenvalue weighted by atomic mass is 9.97. The lowest BCUT2D eigenvalue weighted by Crippen LogP contribution is -1.96. The van der Waals surface area contributed by atoms with Gasteiger partial charge in [-0.3, -0.25) is 0 Å². The van der Waals surface area contributed by atoms with E-state index >= 15 is 0 Å². The molecule has 0 nitrogen and oxygen atoms in total. The van der Waals surface area contributed by atoms with Crippen LogP contribution in [-0.2, 0) is 0 Å². The number of rotatable bonds is 6. The summed E-state index contributed by atoms with van der Waals surface area (Å²) in [6.07, 6.45) is 6.55. The van der Waals surface area contributed by atoms with Crippen molar-refractivity contribution in [3.8, 4) is 0 Å². The summed E-state index contributed by atoms with van der Waals surface area (Å²) in [6, 6.07) is 0. The van der Waals surface area contributed by atoms with Gasteiger partial charge in [0.25, 0.3) is 0 Å². The van der Waals surface area contributed by atoms with Crippen LogP contribution in [-0.4, -0.2) is 5.88 Å². The van der Waals surface area contributed by atoms with Crippen LogP contribution in [0.2, 0.25) is 0 Å². The molecule has 0 saturated carbocycles. The Morgan fingerprint density at radius 3 is 2.10 bits per heavy atom. The van der Waals surface area contributed by atoms with Crippen LogP contribution >= 0.6 is 11.6 Å². The van der Waals surface area contributed by atoms with Gasteiger partial charge in [-0.05, 0) is 12.3 Å². The molecule has 0 atom stereocenters. The molecular weight excluding hydrogens is 144 g/mol. The summed E-state index contributed by atoms with van der Waals surface area (Å²) in [5.41, 5.74) is 0. The monoisotopic (exact) mass is 162 g/mol. The number of unbranched alkanes of at least 4 members (excludes halogenated alkanes) is 1. The van der Waals surface area contributed by atoms with E-state index in [2.05, 4.69) is 13.8 Å². The van der Waals surface area contributed by atoms with Gasteiger partial charge in [-0.15, -0.1) is 11.6 Å². The van der Waals surface area contributed by atoms with Gasteiger partial charge in [-0.2, -0.15) is 0 Å². The topological polar surface area (TPSA) is 0 Å². The molecule has 0 aromatic carbocycles. The van der Waals surface area contributed by atoms with Crippen LogP contribution < -0.4 is 0 Å². The Morgan fingerprint density at radius 2 is 1.70 bits per heavy atom. The molecule has 0 heterocycles. The normalized spacial score (nSPS) is 10.8. The van der Waals surface area contributed by atoms with Crippen LogP contribution in [0.25, 0.3) is 0 Å². The summed E-state index contributed by atoms with van der Waals surface area (Å²) >= 11 is 5.57. The molecule has 10 heavy (non-hydrogen) atoms. The van der Waals surface area contributed by atoms with E-state index < -0.39 is 0 Å². The van der Waals surface area contributed by atoms with E-state index in [1.165, 1.54) is 32.1 Å². The molecule has 0 aliphatic carbocycles. The van der Waals surface area contributed by atoms with Crippen LogP contribution in [0.4, 0.5) is 0 Å². The predicted octanol–water partition coefficient (Wildman–Crippen LogP) is 3.83. The van der Waals surface area contributed by atoms with Crippen molar-refractivity contribution >= 4 is 11.6 Å². The molecular formula is C9H19Cl. The van der Waals surface area contributed by atoms with Gasteiger partial charge in [0.1, 0.15) is 0 Å². The lowest BCUT2D eigenvalue weighted by Gasteiger charge is -2.10. The summed E-state index contributed by atoms with van der Waals surface area (Å²) in [6.45, 7) is 4.55. The van der Waals surface area contributed by atoms with E-state index in [1.807, 2.05) is 0 Å². The van der Waals surface area contributed by atoms with Gasteiger partial charge in [0.05, 0.1) is 0 Å². The van der Waals surface area contributed by atoms with Crippen LogP contribution in [0, 0.1) is 5.92 Å². The third kappa shape index (κ3) is 5.10. The second-order valence-corrected chi connectivity index (χ2v) is 3.25. The number of hydrogen-bond donors (Lipinski definition) is 0. The maximum Gasteiger partial charge on any atom is 0.0223 e. The first-order chi connectivity index (χ1) is 4.85. The lowest BCUT2D eigenvalue weighted by molar-refractivity contribution is 0.439. The van der Waals surface area contributed by atoms with E-state index in [-0.39, 0.29) is 0 Å². The summed E-state index contributed by atoms with van der Waals surface area (Å²) in [5, 5.41) is 0. The zero-order valence-corrected chi connectivity index (χ0v) is 7.95. The first-order valence-corrected chi connectivity index (χ1v) is 4.94. The molecule has 62 valence electrons. The van der Waals surface area contributed by atoms with Crippen molar-refractivity contribution < 1.29 is 0 Å². The third-order valence-electron chi connectivity index (χ3n) is 2.15. The summed E-state index contributed by atoms with van der Waals surface area (Å²) < 4.78 is 0. The van der Waals surface area contributed by atoms with Crippen molar-refractivity contribution in [2.24, 2.45) is 5.92 Å². The van der Waals surface area contributed by atoms with Crippen LogP contribution in [0.15, 0.2) is 0 Å². The van der Waals surface area contributed by atoms with E-state index in [0.717, 1.165) is 11.8 Å². The van der Waals surface area contributed by atoms with Crippen molar-refractivity contribution in [3.63, 3.8) is 0 Å². The Bertz CT molecular complexity index is 57.7. The standard InChI is InChI=1S/C9H19Cl/c1-3-9(4-2)7-5-6-8-10/h9H,3-8H2,1-2H3. The highest BCUT2D eigenvalue weighted by molar-refractivity contribution is 6.17. The Morgan fingerprint density at radius 1 is 1.10 bits per heavy atom. The Balaban J connectivity index is 3.09. The maximum atomic E-state index is 5.57. The Hall–Kier alpha value is 0.290. The predicted molar refractivity (Wildman–Crippen MR) is 48.6 cm³/mol. The number of alkyl halides is 1. The molecule has 0 bridgehead atoms. The molecule has 1 heteroatoms. The molecule has 0 fully saturated rings. The molecule has 0 unspecified atom stereocenters. The SMILES string of the molecule is CCC(CC)CCCCCl. The van der Waals surface area contributed by atoms with Gasteiger partial charge < -0.3 is 0 Å². The van der Waals surface area contributed by atoms with Crippen molar-refractivity contribution in [1.82, 2.24) is 0 Å². The quantitative estimate of drug-likeness (QED) is 0.412. The van der Waals surface area contributed by atoms with Crippen LogP contribution in [0.1, 0.15) is 46.0 Å². The van der Waals surface area contributed by atoms with E-state index in [4.69, 9.17) is 11.6 Å². The summed E-state index contributed by atoms with van der Waals surface area (Å²) in [5.74, 6) is 1.78. The van der Waals surface area contributed by atoms with Crippen LogP contribution in [0.5, 0.6) is 0 Å². The molecule has 0 saturated heterocycles. The smallest absolute Gasteiger partial charge is 0.0223 e. The first-order valence-electron chi connectivity index (χ1n) is 4.41. The van der Waals surface area contributed by atoms with E-state index in [1.54, 1.807) is 0 Å². The average molecular weight is 163 g/mol. The minimum atomic E-state index is 0.833. The fraction of sp³-hybridized carbons (Fsp3) is 1.00. The summed E-state index contributed by atoms with van der Waals surface area (Å²) in [7, 11) is 0. The van der Waals surface area contributed by atoms with Gasteiger partial charge in [0.15, 0.2) is 0 Å². The van der Waals surface area contributed by atoms with Gasteiger partial charge in [-0.1, -0.05) is 39.5 Å².